The van der Waals surface area contributed by atoms with Crippen LogP contribution in [0.25, 0.3) is 28.0 Å². The molecular formula is C31H36N8O3. The highest BCUT2D eigenvalue weighted by molar-refractivity contribution is 6.04. The van der Waals surface area contributed by atoms with Crippen molar-refractivity contribution in [1.29, 1.82) is 0 Å². The van der Waals surface area contributed by atoms with Gasteiger partial charge < -0.3 is 18.9 Å². The number of piperazine rings is 1. The second-order valence-corrected chi connectivity index (χ2v) is 11.9. The summed E-state index contributed by atoms with van der Waals surface area (Å²) in [5, 5.41) is 16.5. The van der Waals surface area contributed by atoms with Gasteiger partial charge in [0.1, 0.15) is 11.3 Å². The van der Waals surface area contributed by atoms with E-state index in [1.54, 1.807) is 11.8 Å². The third kappa shape index (κ3) is 5.56. The lowest BCUT2D eigenvalue weighted by molar-refractivity contribution is 0.0142. The third-order valence-electron chi connectivity index (χ3n) is 7.70. The molecule has 2 aliphatic rings. The van der Waals surface area contributed by atoms with Crippen molar-refractivity contribution >= 4 is 17.5 Å². The van der Waals surface area contributed by atoms with Gasteiger partial charge in [-0.25, -0.2) is 4.79 Å². The molecule has 2 aliphatic heterocycles. The molecule has 5 heterocycles. The third-order valence-corrected chi connectivity index (χ3v) is 7.70. The molecule has 11 heteroatoms. The van der Waals surface area contributed by atoms with Gasteiger partial charge in [0.2, 0.25) is 5.82 Å². The number of carbonyl (C=O) groups excluding carboxylic acids is 2. The average molecular weight is 569 g/mol. The van der Waals surface area contributed by atoms with Crippen LogP contribution in [0.4, 0.5) is 4.79 Å². The first-order valence-electron chi connectivity index (χ1n) is 14.4. The minimum Gasteiger partial charge on any atom is -0.444 e. The maximum Gasteiger partial charge on any atom is 0.410 e. The van der Waals surface area contributed by atoms with Crippen LogP contribution in [0, 0.1) is 6.92 Å². The SMILES string of the molecule is Cc1nnc(-c2ccn3c4c(c(-c5ccccc5)c3c2)CN(CCCN2CCN(C(=O)OC(C)(C)C)CC2)C4=O)nn1. The highest BCUT2D eigenvalue weighted by atomic mass is 16.6. The molecule has 0 unspecified atom stereocenters. The lowest BCUT2D eigenvalue weighted by Crippen LogP contribution is -2.50. The van der Waals surface area contributed by atoms with Crippen LogP contribution in [0.5, 0.6) is 0 Å². The number of benzene rings is 1. The highest BCUT2D eigenvalue weighted by Gasteiger charge is 2.35. The van der Waals surface area contributed by atoms with Gasteiger partial charge >= 0.3 is 6.09 Å². The van der Waals surface area contributed by atoms with Crippen LogP contribution in [0.1, 0.15) is 49.1 Å². The molecule has 1 fully saturated rings. The van der Waals surface area contributed by atoms with Crippen molar-refractivity contribution in [3.8, 4) is 22.5 Å². The van der Waals surface area contributed by atoms with Crippen LogP contribution < -0.4 is 0 Å². The molecule has 42 heavy (non-hydrogen) atoms. The van der Waals surface area contributed by atoms with Crippen molar-refractivity contribution in [2.24, 2.45) is 0 Å². The maximum atomic E-state index is 13.8. The van der Waals surface area contributed by atoms with E-state index in [-0.39, 0.29) is 12.0 Å². The van der Waals surface area contributed by atoms with Crippen LogP contribution in [-0.4, -0.2) is 96.4 Å². The highest BCUT2D eigenvalue weighted by Crippen LogP contribution is 2.39. The van der Waals surface area contributed by atoms with E-state index in [2.05, 4.69) is 37.4 Å². The Bertz CT molecular complexity index is 1600. The fourth-order valence-electron chi connectivity index (χ4n) is 5.71. The first-order valence-corrected chi connectivity index (χ1v) is 14.4. The first-order chi connectivity index (χ1) is 20.2. The topological polar surface area (TPSA) is 109 Å². The monoisotopic (exact) mass is 568 g/mol. The van der Waals surface area contributed by atoms with E-state index in [1.807, 2.05) is 66.6 Å². The average Bonchev–Trinajstić information content (AvgIpc) is 3.46. The molecule has 0 saturated carbocycles. The van der Waals surface area contributed by atoms with Gasteiger partial charge in [0.15, 0.2) is 5.82 Å². The molecule has 0 atom stereocenters. The quantitative estimate of drug-likeness (QED) is 0.343. The van der Waals surface area contributed by atoms with Gasteiger partial charge in [0, 0.05) is 62.2 Å². The summed E-state index contributed by atoms with van der Waals surface area (Å²) in [6.45, 7) is 12.4. The summed E-state index contributed by atoms with van der Waals surface area (Å²) in [4.78, 5) is 32.2. The first kappa shape index (κ1) is 27.8. The molecule has 11 nitrogen and oxygen atoms in total. The number of aryl methyl sites for hydroxylation is 1. The van der Waals surface area contributed by atoms with Gasteiger partial charge in [-0.2, -0.15) is 0 Å². The Balaban J connectivity index is 1.16. The van der Waals surface area contributed by atoms with E-state index in [0.717, 1.165) is 53.8 Å². The summed E-state index contributed by atoms with van der Waals surface area (Å²) >= 11 is 0. The lowest BCUT2D eigenvalue weighted by atomic mass is 10.0. The fraction of sp³-hybridized carbons (Fsp3) is 0.419. The van der Waals surface area contributed by atoms with Crippen molar-refractivity contribution < 1.29 is 14.3 Å². The molecule has 2 amide bonds. The van der Waals surface area contributed by atoms with Gasteiger partial charge in [0.05, 0.1) is 5.52 Å². The van der Waals surface area contributed by atoms with E-state index in [0.29, 0.717) is 43.5 Å². The Kier molecular flexibility index (Phi) is 7.36. The van der Waals surface area contributed by atoms with Crippen molar-refractivity contribution in [2.75, 3.05) is 39.3 Å². The zero-order chi connectivity index (χ0) is 29.4. The molecule has 3 aromatic heterocycles. The minimum absolute atomic E-state index is 0.0413. The smallest absolute Gasteiger partial charge is 0.410 e. The molecular weight excluding hydrogens is 532 g/mol. The number of aromatic nitrogens is 5. The summed E-state index contributed by atoms with van der Waals surface area (Å²) in [6.07, 6.45) is 2.53. The number of carbonyl (C=O) groups is 2. The van der Waals surface area contributed by atoms with Crippen LogP contribution in [0.2, 0.25) is 0 Å². The Morgan fingerprint density at radius 2 is 1.64 bits per heavy atom. The van der Waals surface area contributed by atoms with E-state index in [1.165, 1.54) is 0 Å². The zero-order valence-corrected chi connectivity index (χ0v) is 24.6. The molecule has 0 spiro atoms. The standard InChI is InChI=1S/C31H36N8O3/c1-21-32-34-28(35-33-21)23-11-14-39-25(19-23)26(22-9-6-5-7-10-22)24-20-38(29(40)27(24)39)13-8-12-36-15-17-37(18-16-36)30(41)42-31(2,3)4/h5-7,9-11,14,19H,8,12-13,15-18,20H2,1-4H3. The van der Waals surface area contributed by atoms with Crippen molar-refractivity contribution in [2.45, 2.75) is 46.3 Å². The van der Waals surface area contributed by atoms with Gasteiger partial charge in [0.25, 0.3) is 5.91 Å². The number of ether oxygens (including phenoxy) is 1. The molecule has 0 N–H and O–H groups in total. The number of hydrogen-bond acceptors (Lipinski definition) is 8. The Labute approximate surface area is 245 Å². The summed E-state index contributed by atoms with van der Waals surface area (Å²) in [5.41, 5.74) is 5.10. The number of hydrogen-bond donors (Lipinski definition) is 0. The second-order valence-electron chi connectivity index (χ2n) is 11.9. The maximum absolute atomic E-state index is 13.8. The number of pyridine rings is 1. The van der Waals surface area contributed by atoms with Gasteiger partial charge in [-0.3, -0.25) is 9.69 Å². The van der Waals surface area contributed by atoms with Crippen molar-refractivity contribution in [3.05, 3.63) is 65.7 Å². The van der Waals surface area contributed by atoms with Crippen LogP contribution in [0.3, 0.4) is 0 Å². The summed E-state index contributed by atoms with van der Waals surface area (Å²) in [7, 11) is 0. The summed E-state index contributed by atoms with van der Waals surface area (Å²) < 4.78 is 7.51. The van der Waals surface area contributed by atoms with Crippen molar-refractivity contribution in [1.82, 2.24) is 39.5 Å². The Morgan fingerprint density at radius 3 is 2.33 bits per heavy atom. The molecule has 0 radical (unpaired) electrons. The number of nitrogens with zero attached hydrogens (tertiary/aromatic N) is 8. The number of amides is 2. The molecule has 6 rings (SSSR count). The van der Waals surface area contributed by atoms with Crippen LogP contribution in [0.15, 0.2) is 48.7 Å². The van der Waals surface area contributed by atoms with Crippen molar-refractivity contribution in [3.63, 3.8) is 0 Å². The molecule has 0 aliphatic carbocycles. The normalized spacial score (nSPS) is 15.9. The summed E-state index contributed by atoms with van der Waals surface area (Å²) in [6, 6.07) is 14.1. The zero-order valence-electron chi connectivity index (χ0n) is 24.6. The van der Waals surface area contributed by atoms with E-state index in [9.17, 15) is 9.59 Å². The van der Waals surface area contributed by atoms with Crippen LogP contribution in [-0.2, 0) is 11.3 Å². The molecule has 218 valence electrons. The molecule has 1 saturated heterocycles. The fourth-order valence-corrected chi connectivity index (χ4v) is 5.71. The molecule has 4 aromatic rings. The summed E-state index contributed by atoms with van der Waals surface area (Å²) in [5.74, 6) is 1.00. The number of rotatable bonds is 6. The van der Waals surface area contributed by atoms with E-state index >= 15 is 0 Å². The van der Waals surface area contributed by atoms with E-state index < -0.39 is 5.60 Å². The van der Waals surface area contributed by atoms with E-state index in [4.69, 9.17) is 4.74 Å². The van der Waals surface area contributed by atoms with Gasteiger partial charge in [-0.15, -0.1) is 20.4 Å². The van der Waals surface area contributed by atoms with Gasteiger partial charge in [-0.05, 0) is 58.4 Å². The Hall–Kier alpha value is -4.38. The predicted molar refractivity (Wildman–Crippen MR) is 158 cm³/mol. The second kappa shape index (κ2) is 11.1. The van der Waals surface area contributed by atoms with Crippen LogP contribution >= 0.6 is 0 Å². The Morgan fingerprint density at radius 1 is 0.929 bits per heavy atom. The predicted octanol–water partition coefficient (Wildman–Crippen LogP) is 4.06. The molecule has 1 aromatic carbocycles. The minimum atomic E-state index is -0.492. The van der Waals surface area contributed by atoms with Gasteiger partial charge in [-0.1, -0.05) is 30.3 Å². The largest absolute Gasteiger partial charge is 0.444 e. The lowest BCUT2D eigenvalue weighted by Gasteiger charge is -2.35. The molecule has 0 bridgehead atoms. The number of fused-ring (bicyclic) bond motifs is 3.